The average molecular weight is 705 g/mol. The number of imide groups is 1. The Labute approximate surface area is 293 Å². The summed E-state index contributed by atoms with van der Waals surface area (Å²) in [5, 5.41) is 1.17. The molecule has 0 bridgehead atoms. The van der Waals surface area contributed by atoms with Gasteiger partial charge in [-0.25, -0.2) is 4.90 Å². The third-order valence-electron chi connectivity index (χ3n) is 9.39. The second kappa shape index (κ2) is 11.7. The van der Waals surface area contributed by atoms with Crippen molar-refractivity contribution in [2.45, 2.75) is 26.2 Å². The summed E-state index contributed by atoms with van der Waals surface area (Å²) in [6.07, 6.45) is -9.27. The van der Waals surface area contributed by atoms with Gasteiger partial charge in [-0.05, 0) is 84.6 Å². The molecule has 258 valence electrons. The normalized spacial score (nSPS) is 13.4. The predicted octanol–water partition coefficient (Wildman–Crippen LogP) is 11.6. The van der Waals surface area contributed by atoms with Crippen molar-refractivity contribution in [2.24, 2.45) is 0 Å². The summed E-state index contributed by atoms with van der Waals surface area (Å²) in [5.41, 5.74) is 1.92. The van der Waals surface area contributed by atoms with Gasteiger partial charge in [0.1, 0.15) is 0 Å². The minimum Gasteiger partial charge on any atom is -0.307 e. The number of hydrogen-bond acceptors (Lipinski definition) is 2. The molecule has 0 radical (unpaired) electrons. The van der Waals surface area contributed by atoms with E-state index in [1.54, 1.807) is 109 Å². The van der Waals surface area contributed by atoms with Crippen molar-refractivity contribution in [1.29, 1.82) is 0 Å². The molecule has 8 rings (SSSR count). The van der Waals surface area contributed by atoms with Crippen LogP contribution in [-0.4, -0.2) is 16.4 Å². The Morgan fingerprint density at radius 2 is 0.981 bits per heavy atom. The Balaban J connectivity index is 1.52. The van der Waals surface area contributed by atoms with Crippen molar-refractivity contribution < 1.29 is 35.9 Å². The fourth-order valence-corrected chi connectivity index (χ4v) is 7.29. The number of halogens is 6. The fourth-order valence-electron chi connectivity index (χ4n) is 7.29. The standard InChI is InChI=1S/C42H26F6N2O2/c1-23-17-25(21-27(19-23)41(43,44)45)30-11-6-13-32-33-14-7-12-31(26-18-24(2)20-28(22-26)42(46,47)48)38(33)50(37(30)32)35-16-8-15-34-36(35)40(52)49(39(34)51)29-9-4-3-5-10-29/h3-22H,1-2H3. The van der Waals surface area contributed by atoms with Gasteiger partial charge in [0, 0.05) is 21.9 Å². The zero-order valence-electron chi connectivity index (χ0n) is 27.5. The molecule has 0 spiro atoms. The lowest BCUT2D eigenvalue weighted by Crippen LogP contribution is -2.29. The first-order valence-corrected chi connectivity index (χ1v) is 16.2. The molecule has 2 amide bonds. The molecular weight excluding hydrogens is 678 g/mol. The monoisotopic (exact) mass is 704 g/mol. The van der Waals surface area contributed by atoms with Gasteiger partial charge in [-0.2, -0.15) is 26.3 Å². The van der Waals surface area contributed by atoms with Gasteiger partial charge >= 0.3 is 12.4 Å². The molecule has 10 heteroatoms. The van der Waals surface area contributed by atoms with E-state index >= 15 is 0 Å². The Bertz CT molecular complexity index is 2500. The van der Waals surface area contributed by atoms with Crippen molar-refractivity contribution >= 4 is 39.3 Å². The van der Waals surface area contributed by atoms with Crippen molar-refractivity contribution in [2.75, 3.05) is 4.90 Å². The zero-order valence-corrected chi connectivity index (χ0v) is 27.5. The maximum Gasteiger partial charge on any atom is 0.416 e. The number of anilines is 1. The number of alkyl halides is 6. The Hall–Kier alpha value is -6.16. The van der Waals surface area contributed by atoms with E-state index in [1.165, 1.54) is 6.07 Å². The number of carbonyl (C=O) groups is 2. The second-order valence-corrected chi connectivity index (χ2v) is 12.9. The number of para-hydroxylation sites is 3. The van der Waals surface area contributed by atoms with Crippen molar-refractivity contribution in [3.05, 3.63) is 155 Å². The van der Waals surface area contributed by atoms with E-state index in [-0.39, 0.29) is 27.9 Å². The Morgan fingerprint density at radius 1 is 0.500 bits per heavy atom. The number of fused-ring (bicyclic) bond motifs is 4. The topological polar surface area (TPSA) is 42.3 Å². The molecule has 52 heavy (non-hydrogen) atoms. The average Bonchev–Trinajstić information content (AvgIpc) is 3.58. The van der Waals surface area contributed by atoms with Crippen molar-refractivity contribution in [3.63, 3.8) is 0 Å². The highest BCUT2D eigenvalue weighted by Gasteiger charge is 2.40. The SMILES string of the molecule is Cc1cc(-c2cccc3c4cccc(-c5cc(C)cc(C(F)(F)F)c5)c4n(-c4cccc5c4C(=O)N(c4ccccc4)C5=O)c23)cc(C(F)(F)F)c1. The Kier molecular flexibility index (Phi) is 7.42. The maximum absolute atomic E-state index is 14.3. The molecular formula is C42H26F6N2O2. The van der Waals surface area contributed by atoms with Crippen LogP contribution in [0, 0.1) is 13.8 Å². The Morgan fingerprint density at radius 3 is 1.48 bits per heavy atom. The van der Waals surface area contributed by atoms with Crippen LogP contribution in [0.5, 0.6) is 0 Å². The molecule has 4 nitrogen and oxygen atoms in total. The molecule has 1 aromatic heterocycles. The molecule has 1 aliphatic heterocycles. The molecule has 7 aromatic rings. The number of aryl methyl sites for hydroxylation is 2. The number of benzene rings is 6. The van der Waals surface area contributed by atoms with Gasteiger partial charge in [-0.1, -0.05) is 72.8 Å². The molecule has 6 aromatic carbocycles. The highest BCUT2D eigenvalue weighted by molar-refractivity contribution is 6.36. The summed E-state index contributed by atoms with van der Waals surface area (Å²) in [5.74, 6) is -1.17. The summed E-state index contributed by atoms with van der Waals surface area (Å²) in [6, 6.07) is 31.0. The van der Waals surface area contributed by atoms with Crippen LogP contribution in [0.3, 0.4) is 0 Å². The van der Waals surface area contributed by atoms with E-state index in [1.807, 2.05) is 0 Å². The van der Waals surface area contributed by atoms with E-state index in [0.29, 0.717) is 49.7 Å². The molecule has 2 heterocycles. The maximum atomic E-state index is 14.3. The zero-order chi connectivity index (χ0) is 36.7. The summed E-state index contributed by atoms with van der Waals surface area (Å²) < 4.78 is 86.5. The third kappa shape index (κ3) is 5.25. The van der Waals surface area contributed by atoms with Crippen LogP contribution in [-0.2, 0) is 12.4 Å². The van der Waals surface area contributed by atoms with Crippen LogP contribution in [0.15, 0.2) is 121 Å². The predicted molar refractivity (Wildman–Crippen MR) is 189 cm³/mol. The van der Waals surface area contributed by atoms with E-state index in [4.69, 9.17) is 0 Å². The van der Waals surface area contributed by atoms with Gasteiger partial charge in [-0.3, -0.25) is 9.59 Å². The number of aromatic nitrogens is 1. The molecule has 1 aliphatic rings. The fraction of sp³-hybridized carbons (Fsp3) is 0.0952. The molecule has 0 N–H and O–H groups in total. The smallest absolute Gasteiger partial charge is 0.307 e. The van der Waals surface area contributed by atoms with Gasteiger partial charge in [-0.15, -0.1) is 0 Å². The van der Waals surface area contributed by atoms with Crippen LogP contribution >= 0.6 is 0 Å². The van der Waals surface area contributed by atoms with Gasteiger partial charge in [0.15, 0.2) is 0 Å². The number of rotatable bonds is 4. The van der Waals surface area contributed by atoms with Crippen LogP contribution in [0.4, 0.5) is 32.0 Å². The van der Waals surface area contributed by atoms with E-state index < -0.39 is 35.3 Å². The van der Waals surface area contributed by atoms with E-state index in [0.717, 1.165) is 29.2 Å². The van der Waals surface area contributed by atoms with Crippen LogP contribution in [0.25, 0.3) is 49.7 Å². The third-order valence-corrected chi connectivity index (χ3v) is 9.39. The molecule has 0 atom stereocenters. The summed E-state index contributed by atoms with van der Waals surface area (Å²) in [7, 11) is 0. The molecule has 0 aliphatic carbocycles. The van der Waals surface area contributed by atoms with Crippen molar-refractivity contribution in [3.8, 4) is 27.9 Å². The molecule has 0 saturated heterocycles. The number of carbonyl (C=O) groups excluding carboxylic acids is 2. The second-order valence-electron chi connectivity index (χ2n) is 12.9. The quantitative estimate of drug-likeness (QED) is 0.135. The van der Waals surface area contributed by atoms with Gasteiger partial charge in [0.05, 0.1) is 44.7 Å². The van der Waals surface area contributed by atoms with E-state index in [9.17, 15) is 35.9 Å². The first kappa shape index (κ1) is 33.0. The number of nitrogens with zero attached hydrogens (tertiary/aromatic N) is 2. The van der Waals surface area contributed by atoms with Gasteiger partial charge in [0.25, 0.3) is 11.8 Å². The molecule has 0 unspecified atom stereocenters. The number of amides is 2. The lowest BCUT2D eigenvalue weighted by Gasteiger charge is -2.18. The summed E-state index contributed by atoms with van der Waals surface area (Å²) in [4.78, 5) is 29.3. The van der Waals surface area contributed by atoms with Crippen molar-refractivity contribution in [1.82, 2.24) is 4.57 Å². The summed E-state index contributed by atoms with van der Waals surface area (Å²) >= 11 is 0. The van der Waals surface area contributed by atoms with Crippen LogP contribution in [0.2, 0.25) is 0 Å². The van der Waals surface area contributed by atoms with Gasteiger partial charge < -0.3 is 4.57 Å². The van der Waals surface area contributed by atoms with Gasteiger partial charge in [0.2, 0.25) is 0 Å². The van der Waals surface area contributed by atoms with Crippen LogP contribution in [0.1, 0.15) is 43.0 Å². The summed E-state index contributed by atoms with van der Waals surface area (Å²) in [6.45, 7) is 3.13. The highest BCUT2D eigenvalue weighted by Crippen LogP contribution is 2.45. The lowest BCUT2D eigenvalue weighted by atomic mass is 9.96. The first-order chi connectivity index (χ1) is 24.7. The number of hydrogen-bond donors (Lipinski definition) is 0. The highest BCUT2D eigenvalue weighted by atomic mass is 19.4. The minimum absolute atomic E-state index is 0.0557. The van der Waals surface area contributed by atoms with Crippen LogP contribution < -0.4 is 4.90 Å². The lowest BCUT2D eigenvalue weighted by molar-refractivity contribution is -0.138. The molecule has 0 fully saturated rings. The first-order valence-electron chi connectivity index (χ1n) is 16.2. The largest absolute Gasteiger partial charge is 0.416 e. The van der Waals surface area contributed by atoms with E-state index in [2.05, 4.69) is 0 Å². The minimum atomic E-state index is -4.64. The molecule has 0 saturated carbocycles.